The van der Waals surface area contributed by atoms with E-state index < -0.39 is 9.85 Å². The molecule has 0 aliphatic rings. The maximum Gasteiger partial charge on any atom is 0.277 e. The van der Waals surface area contributed by atoms with E-state index in [2.05, 4.69) is 4.98 Å². The molecule has 4 aromatic rings. The maximum atomic E-state index is 11.5. The van der Waals surface area contributed by atoms with E-state index in [0.717, 1.165) is 0 Å². The molecule has 0 spiro atoms. The molecule has 28 heavy (non-hydrogen) atoms. The molecule has 0 atom stereocenters. The minimum absolute atomic E-state index is 0.00825. The van der Waals surface area contributed by atoms with Crippen LogP contribution < -0.4 is 0 Å². The highest BCUT2D eigenvalue weighted by Gasteiger charge is 2.21. The number of fused-ring (bicyclic) bond motifs is 1. The smallest absolute Gasteiger partial charge is 0.258 e. The van der Waals surface area contributed by atoms with Gasteiger partial charge in [0.1, 0.15) is 0 Å². The highest BCUT2D eigenvalue weighted by molar-refractivity contribution is 6.04. The van der Waals surface area contributed by atoms with Crippen molar-refractivity contribution in [2.24, 2.45) is 0 Å². The molecule has 0 saturated carbocycles. The van der Waals surface area contributed by atoms with Crippen LogP contribution in [0.25, 0.3) is 33.2 Å². The van der Waals surface area contributed by atoms with Gasteiger partial charge < -0.3 is 0 Å². The molecule has 0 amide bonds. The number of nitro groups is 2. The molecule has 1 aromatic heterocycles. The lowest BCUT2D eigenvalue weighted by atomic mass is 9.93. The van der Waals surface area contributed by atoms with Crippen LogP contribution in [-0.2, 0) is 0 Å². The third-order valence-electron chi connectivity index (χ3n) is 4.55. The van der Waals surface area contributed by atoms with Gasteiger partial charge in [-0.2, -0.15) is 0 Å². The van der Waals surface area contributed by atoms with Gasteiger partial charge in [-0.3, -0.25) is 25.2 Å². The Hall–Kier alpha value is -4.13. The van der Waals surface area contributed by atoms with Gasteiger partial charge in [0.2, 0.25) is 0 Å². The number of para-hydroxylation sites is 2. The summed E-state index contributed by atoms with van der Waals surface area (Å²) in [5, 5.41) is 23.6. The molecule has 0 saturated heterocycles. The lowest BCUT2D eigenvalue weighted by Gasteiger charge is -2.11. The molecule has 0 N–H and O–H groups in total. The number of benzene rings is 3. The van der Waals surface area contributed by atoms with E-state index in [1.165, 1.54) is 12.1 Å². The van der Waals surface area contributed by atoms with Crippen molar-refractivity contribution in [3.63, 3.8) is 0 Å². The number of hydrogen-bond donors (Lipinski definition) is 0. The maximum absolute atomic E-state index is 11.5. The summed E-state index contributed by atoms with van der Waals surface area (Å²) in [5.41, 5.74) is 2.69. The van der Waals surface area contributed by atoms with Gasteiger partial charge in [0, 0.05) is 29.3 Å². The number of nitro benzene ring substituents is 2. The molecule has 0 radical (unpaired) electrons. The van der Waals surface area contributed by atoms with Gasteiger partial charge in [-0.05, 0) is 23.8 Å². The van der Waals surface area contributed by atoms with E-state index >= 15 is 0 Å². The lowest BCUT2D eigenvalue weighted by molar-refractivity contribution is -0.384. The summed E-state index contributed by atoms with van der Waals surface area (Å²) in [6.45, 7) is 0. The Balaban J connectivity index is 2.03. The van der Waals surface area contributed by atoms with Crippen LogP contribution in [-0.4, -0.2) is 14.8 Å². The molecule has 0 aliphatic heterocycles. The van der Waals surface area contributed by atoms with Crippen molar-refractivity contribution in [1.82, 2.24) is 4.98 Å². The zero-order valence-electron chi connectivity index (χ0n) is 14.5. The molecule has 0 unspecified atom stereocenters. The normalized spacial score (nSPS) is 10.7. The third-order valence-corrected chi connectivity index (χ3v) is 4.55. The van der Waals surface area contributed by atoms with E-state index in [-0.39, 0.29) is 11.4 Å². The first-order valence-electron chi connectivity index (χ1n) is 8.43. The molecular weight excluding hydrogens is 358 g/mol. The van der Waals surface area contributed by atoms with Gasteiger partial charge >= 0.3 is 0 Å². The van der Waals surface area contributed by atoms with Crippen molar-refractivity contribution >= 4 is 22.3 Å². The highest BCUT2D eigenvalue weighted by Crippen LogP contribution is 2.40. The molecule has 3 aromatic carbocycles. The topological polar surface area (TPSA) is 99.2 Å². The monoisotopic (exact) mass is 371 g/mol. The van der Waals surface area contributed by atoms with Crippen LogP contribution in [0.3, 0.4) is 0 Å². The summed E-state index contributed by atoms with van der Waals surface area (Å²) in [5.74, 6) is 0. The fourth-order valence-electron chi connectivity index (χ4n) is 3.35. The number of pyridine rings is 1. The predicted octanol–water partition coefficient (Wildman–Crippen LogP) is 5.39. The molecular formula is C21H13N3O4. The zero-order valence-corrected chi connectivity index (χ0v) is 14.5. The molecule has 1 heterocycles. The SMILES string of the molecule is O=[N+]([O-])c1ccccc1-c1ccc(-c2ccccc2[N+](=O)[O-])c2ncccc12. The first kappa shape index (κ1) is 17.3. The molecule has 0 bridgehead atoms. The quantitative estimate of drug-likeness (QED) is 0.354. The Labute approximate surface area is 159 Å². The van der Waals surface area contributed by atoms with Gasteiger partial charge in [-0.15, -0.1) is 0 Å². The Morgan fingerprint density at radius 1 is 0.607 bits per heavy atom. The summed E-state index contributed by atoms with van der Waals surface area (Å²) in [6.07, 6.45) is 1.60. The van der Waals surface area contributed by atoms with Crippen LogP contribution in [0.2, 0.25) is 0 Å². The van der Waals surface area contributed by atoms with E-state index in [4.69, 9.17) is 0 Å². The van der Waals surface area contributed by atoms with Crippen molar-refractivity contribution in [1.29, 1.82) is 0 Å². The van der Waals surface area contributed by atoms with E-state index in [1.807, 2.05) is 6.07 Å². The van der Waals surface area contributed by atoms with Crippen LogP contribution in [0, 0.1) is 20.2 Å². The van der Waals surface area contributed by atoms with Crippen molar-refractivity contribution in [3.05, 3.63) is 99.2 Å². The van der Waals surface area contributed by atoms with Crippen LogP contribution in [0.4, 0.5) is 11.4 Å². The van der Waals surface area contributed by atoms with E-state index in [9.17, 15) is 20.2 Å². The second kappa shape index (κ2) is 6.88. The summed E-state index contributed by atoms with van der Waals surface area (Å²) in [7, 11) is 0. The standard InChI is InChI=1S/C21H13N3O4/c25-23(26)19-9-3-1-6-15(19)14-11-12-18(21-17(14)8-5-13-22-21)16-7-2-4-10-20(16)24(27)28/h1-13H. The summed E-state index contributed by atoms with van der Waals surface area (Å²) >= 11 is 0. The minimum atomic E-state index is -0.430. The third kappa shape index (κ3) is 2.84. The first-order chi connectivity index (χ1) is 13.6. The van der Waals surface area contributed by atoms with Gasteiger partial charge in [-0.25, -0.2) is 0 Å². The summed E-state index contributed by atoms with van der Waals surface area (Å²) in [4.78, 5) is 26.5. The Bertz CT molecular complexity index is 1140. The number of rotatable bonds is 4. The van der Waals surface area contributed by atoms with Crippen molar-refractivity contribution in [3.8, 4) is 22.3 Å². The summed E-state index contributed by atoms with van der Waals surface area (Å²) < 4.78 is 0. The molecule has 4 rings (SSSR count). The van der Waals surface area contributed by atoms with Gasteiger partial charge in [0.25, 0.3) is 11.4 Å². The average molecular weight is 371 g/mol. The number of aromatic nitrogens is 1. The Kier molecular flexibility index (Phi) is 4.25. The molecule has 136 valence electrons. The van der Waals surface area contributed by atoms with Gasteiger partial charge in [-0.1, -0.05) is 42.5 Å². The van der Waals surface area contributed by atoms with Crippen LogP contribution >= 0.6 is 0 Å². The van der Waals surface area contributed by atoms with Crippen LogP contribution in [0.15, 0.2) is 79.0 Å². The molecule has 0 fully saturated rings. The zero-order chi connectivity index (χ0) is 19.7. The highest BCUT2D eigenvalue weighted by atomic mass is 16.6. The molecule has 0 aliphatic carbocycles. The second-order valence-electron chi connectivity index (χ2n) is 6.11. The van der Waals surface area contributed by atoms with Gasteiger partial charge in [0.15, 0.2) is 0 Å². The molecule has 7 nitrogen and oxygen atoms in total. The number of hydrogen-bond acceptors (Lipinski definition) is 5. The predicted molar refractivity (Wildman–Crippen MR) is 106 cm³/mol. The van der Waals surface area contributed by atoms with Crippen molar-refractivity contribution in [2.45, 2.75) is 0 Å². The largest absolute Gasteiger partial charge is 0.277 e. The fraction of sp³-hybridized carbons (Fsp3) is 0. The number of nitrogens with zero attached hydrogens (tertiary/aromatic N) is 3. The van der Waals surface area contributed by atoms with E-state index in [0.29, 0.717) is 33.2 Å². The van der Waals surface area contributed by atoms with Crippen LogP contribution in [0.5, 0.6) is 0 Å². The Morgan fingerprint density at radius 3 is 1.75 bits per heavy atom. The lowest BCUT2D eigenvalue weighted by Crippen LogP contribution is -1.95. The molecule has 7 heteroatoms. The second-order valence-corrected chi connectivity index (χ2v) is 6.11. The van der Waals surface area contributed by atoms with Crippen molar-refractivity contribution in [2.75, 3.05) is 0 Å². The van der Waals surface area contributed by atoms with Crippen molar-refractivity contribution < 1.29 is 9.85 Å². The fourth-order valence-corrected chi connectivity index (χ4v) is 3.35. The van der Waals surface area contributed by atoms with Gasteiger partial charge in [0.05, 0.1) is 26.5 Å². The van der Waals surface area contributed by atoms with E-state index in [1.54, 1.807) is 60.8 Å². The Morgan fingerprint density at radius 2 is 1.14 bits per heavy atom. The average Bonchev–Trinajstić information content (AvgIpc) is 2.73. The summed E-state index contributed by atoms with van der Waals surface area (Å²) in [6, 6.07) is 20.0. The minimum Gasteiger partial charge on any atom is -0.258 e. The first-order valence-corrected chi connectivity index (χ1v) is 8.43. The van der Waals surface area contributed by atoms with Crippen LogP contribution in [0.1, 0.15) is 0 Å².